The lowest BCUT2D eigenvalue weighted by atomic mass is 10.1. The highest BCUT2D eigenvalue weighted by Crippen LogP contribution is 2.30. The van der Waals surface area contributed by atoms with Crippen LogP contribution in [0.1, 0.15) is 11.7 Å². The Morgan fingerprint density at radius 1 is 0.930 bits per heavy atom. The number of ether oxygens (including phenoxy) is 1. The fourth-order valence-electron chi connectivity index (χ4n) is 4.18. The molecule has 0 aromatic heterocycles. The van der Waals surface area contributed by atoms with Gasteiger partial charge in [0.05, 0.1) is 16.4 Å². The molecule has 0 fully saturated rings. The molecule has 16 heteroatoms. The summed E-state index contributed by atoms with van der Waals surface area (Å²) in [7, 11) is -5.27. The van der Waals surface area contributed by atoms with Crippen LogP contribution in [-0.4, -0.2) is 53.0 Å². The minimum Gasteiger partial charge on any atom is -0.440 e. The summed E-state index contributed by atoms with van der Waals surface area (Å²) in [5.74, 6) is -0.242. The van der Waals surface area contributed by atoms with Crippen LogP contribution in [0.15, 0.2) is 89.8 Å². The highest BCUT2D eigenvalue weighted by molar-refractivity contribution is 7.89. The van der Waals surface area contributed by atoms with Crippen molar-refractivity contribution in [1.82, 2.24) is 4.72 Å². The molecule has 43 heavy (non-hydrogen) atoms. The Bertz CT molecular complexity index is 1860. The molecule has 4 aromatic carbocycles. The zero-order valence-electron chi connectivity index (χ0n) is 22.7. The molecule has 1 amide bonds. The van der Waals surface area contributed by atoms with Crippen LogP contribution in [0.2, 0.25) is 0 Å². The molecule has 0 spiro atoms. The normalized spacial score (nSPS) is 12.3. The zero-order valence-corrected chi connectivity index (χ0v) is 24.3. The summed E-state index contributed by atoms with van der Waals surface area (Å²) in [5.41, 5.74) is 1.05. The van der Waals surface area contributed by atoms with Crippen LogP contribution in [-0.2, 0) is 25.2 Å². The van der Waals surface area contributed by atoms with Gasteiger partial charge in [-0.05, 0) is 42.0 Å². The Balaban J connectivity index is 1.60. The van der Waals surface area contributed by atoms with Crippen LogP contribution in [0.25, 0.3) is 10.8 Å². The first-order valence-electron chi connectivity index (χ1n) is 12.4. The van der Waals surface area contributed by atoms with Gasteiger partial charge in [0, 0.05) is 48.4 Å². The first-order valence-corrected chi connectivity index (χ1v) is 15.3. The Labute approximate surface area is 247 Å². The Hall–Kier alpha value is -4.77. The summed E-state index contributed by atoms with van der Waals surface area (Å²) in [6, 6.07) is 20.1. The third kappa shape index (κ3) is 7.95. The predicted octanol–water partition coefficient (Wildman–Crippen LogP) is 4.26. The van der Waals surface area contributed by atoms with E-state index in [-0.39, 0.29) is 27.6 Å². The number of benzene rings is 4. The van der Waals surface area contributed by atoms with Crippen LogP contribution in [0.4, 0.5) is 21.9 Å². The van der Waals surface area contributed by atoms with Crippen molar-refractivity contribution in [1.29, 1.82) is 0 Å². The minimum absolute atomic E-state index is 0.000295. The summed E-state index contributed by atoms with van der Waals surface area (Å²) in [6.07, 6.45) is -2.24. The fourth-order valence-corrected chi connectivity index (χ4v) is 5.79. The SMILES string of the molecule is CN(C)c1cccc2c(S(=O)(=O)NCC(OC(=O)Nc3ccc([N+](=O)[O-])cc3)c3ccc(OS(=O)(=O)O)cc3)cccc12. The number of sulfonamides is 1. The molecular weight excluding hydrogens is 604 g/mol. The molecule has 0 saturated heterocycles. The average molecular weight is 631 g/mol. The van der Waals surface area contributed by atoms with Gasteiger partial charge >= 0.3 is 16.5 Å². The lowest BCUT2D eigenvalue weighted by Gasteiger charge is -2.20. The molecule has 0 aliphatic rings. The van der Waals surface area contributed by atoms with Gasteiger partial charge < -0.3 is 13.8 Å². The van der Waals surface area contributed by atoms with Crippen molar-refractivity contribution >= 4 is 54.4 Å². The quantitative estimate of drug-likeness (QED) is 0.122. The van der Waals surface area contributed by atoms with Gasteiger partial charge in [-0.25, -0.2) is 17.9 Å². The molecule has 14 nitrogen and oxygen atoms in total. The molecule has 0 aliphatic heterocycles. The van der Waals surface area contributed by atoms with Crippen LogP contribution in [0.3, 0.4) is 0 Å². The van der Waals surface area contributed by atoms with Gasteiger partial charge in [0.15, 0.2) is 0 Å². The number of anilines is 2. The zero-order chi connectivity index (χ0) is 31.4. The lowest BCUT2D eigenvalue weighted by molar-refractivity contribution is -0.384. The van der Waals surface area contributed by atoms with E-state index in [1.165, 1.54) is 54.6 Å². The van der Waals surface area contributed by atoms with Crippen LogP contribution >= 0.6 is 0 Å². The highest BCUT2D eigenvalue weighted by Gasteiger charge is 2.24. The minimum atomic E-state index is -4.79. The summed E-state index contributed by atoms with van der Waals surface area (Å²) < 4.78 is 70.3. The maximum absolute atomic E-state index is 13.5. The lowest BCUT2D eigenvalue weighted by Crippen LogP contribution is -2.31. The van der Waals surface area contributed by atoms with Crippen molar-refractivity contribution in [3.63, 3.8) is 0 Å². The first-order chi connectivity index (χ1) is 20.2. The van der Waals surface area contributed by atoms with Gasteiger partial charge in [-0.3, -0.25) is 20.0 Å². The maximum Gasteiger partial charge on any atom is 0.446 e. The van der Waals surface area contributed by atoms with Gasteiger partial charge in [-0.2, -0.15) is 8.42 Å². The van der Waals surface area contributed by atoms with E-state index in [0.29, 0.717) is 10.8 Å². The number of hydrogen-bond acceptors (Lipinski definition) is 10. The second-order valence-corrected chi connectivity index (χ2v) is 12.0. The molecule has 0 saturated carbocycles. The number of nitro groups is 1. The summed E-state index contributed by atoms with van der Waals surface area (Å²) >= 11 is 0. The van der Waals surface area contributed by atoms with Crippen molar-refractivity contribution in [2.75, 3.05) is 30.9 Å². The molecular formula is C27H26N4O10S2. The number of nitro benzene ring substituents is 1. The van der Waals surface area contributed by atoms with Gasteiger partial charge in [0.2, 0.25) is 10.0 Å². The van der Waals surface area contributed by atoms with E-state index >= 15 is 0 Å². The Kier molecular flexibility index (Phi) is 9.15. The van der Waals surface area contributed by atoms with Crippen molar-refractivity contribution in [2.45, 2.75) is 11.0 Å². The largest absolute Gasteiger partial charge is 0.446 e. The number of nitrogens with zero attached hydrogens (tertiary/aromatic N) is 2. The number of non-ortho nitro benzene ring substituents is 1. The monoisotopic (exact) mass is 630 g/mol. The van der Waals surface area contributed by atoms with E-state index in [1.54, 1.807) is 24.3 Å². The third-order valence-corrected chi connectivity index (χ3v) is 8.00. The number of carbonyl (C=O) groups is 1. The van der Waals surface area contributed by atoms with E-state index in [1.807, 2.05) is 25.1 Å². The summed E-state index contributed by atoms with van der Waals surface area (Å²) in [5, 5.41) is 14.5. The second-order valence-electron chi connectivity index (χ2n) is 9.28. The molecule has 226 valence electrons. The standard InChI is InChI=1S/C27H26N4O10S2/c1-30(2)24-7-3-6-23-22(24)5-4-8-26(23)42(35,36)28-17-25(18-9-15-21(16-10-18)41-43(37,38)39)40-27(32)29-19-11-13-20(14-12-19)31(33)34/h3-16,25,28H,17H2,1-2H3,(H,29,32)(H,37,38,39). The number of fused-ring (bicyclic) bond motifs is 1. The Morgan fingerprint density at radius 2 is 1.56 bits per heavy atom. The molecule has 0 aliphatic carbocycles. The van der Waals surface area contributed by atoms with Gasteiger partial charge in [-0.1, -0.05) is 36.4 Å². The van der Waals surface area contributed by atoms with E-state index in [4.69, 9.17) is 9.29 Å². The van der Waals surface area contributed by atoms with E-state index in [2.05, 4.69) is 14.2 Å². The van der Waals surface area contributed by atoms with E-state index in [0.717, 1.165) is 5.69 Å². The molecule has 4 rings (SSSR count). The fraction of sp³-hybridized carbons (Fsp3) is 0.148. The van der Waals surface area contributed by atoms with Crippen molar-refractivity contribution < 1.29 is 40.0 Å². The van der Waals surface area contributed by atoms with Gasteiger partial charge in [0.1, 0.15) is 11.9 Å². The molecule has 1 atom stereocenters. The second kappa shape index (κ2) is 12.6. The molecule has 4 aromatic rings. The summed E-state index contributed by atoms with van der Waals surface area (Å²) in [6.45, 7) is -0.432. The topological polar surface area (TPSA) is 194 Å². The molecule has 3 N–H and O–H groups in total. The van der Waals surface area contributed by atoms with Gasteiger partial charge in [0.25, 0.3) is 5.69 Å². The van der Waals surface area contributed by atoms with Crippen LogP contribution in [0.5, 0.6) is 5.75 Å². The van der Waals surface area contributed by atoms with Crippen molar-refractivity contribution in [2.24, 2.45) is 0 Å². The number of rotatable bonds is 11. The van der Waals surface area contributed by atoms with Crippen molar-refractivity contribution in [3.05, 3.63) is 101 Å². The summed E-state index contributed by atoms with van der Waals surface area (Å²) in [4.78, 5) is 24.9. The molecule has 1 unspecified atom stereocenters. The average Bonchev–Trinajstić information content (AvgIpc) is 2.94. The first kappa shape index (κ1) is 31.2. The van der Waals surface area contributed by atoms with E-state index < -0.39 is 44.1 Å². The number of nitrogens with one attached hydrogen (secondary N) is 2. The number of amides is 1. The molecule has 0 heterocycles. The number of hydrogen-bond donors (Lipinski definition) is 3. The van der Waals surface area contributed by atoms with Crippen LogP contribution in [0, 0.1) is 10.1 Å². The predicted molar refractivity (Wildman–Crippen MR) is 158 cm³/mol. The smallest absolute Gasteiger partial charge is 0.440 e. The third-order valence-electron chi connectivity index (χ3n) is 6.12. The van der Waals surface area contributed by atoms with Crippen LogP contribution < -0.4 is 19.1 Å². The number of carbonyl (C=O) groups excluding carboxylic acids is 1. The van der Waals surface area contributed by atoms with Crippen molar-refractivity contribution in [3.8, 4) is 5.75 Å². The van der Waals surface area contributed by atoms with Gasteiger partial charge in [-0.15, -0.1) is 0 Å². The molecule has 0 bridgehead atoms. The molecule has 0 radical (unpaired) electrons. The highest BCUT2D eigenvalue weighted by atomic mass is 32.3. The maximum atomic E-state index is 13.5. The Morgan fingerprint density at radius 3 is 2.16 bits per heavy atom. The van der Waals surface area contributed by atoms with E-state index in [9.17, 15) is 31.7 Å².